The summed E-state index contributed by atoms with van der Waals surface area (Å²) in [6.45, 7) is 2.80. The average Bonchev–Trinajstić information content (AvgIpc) is 3.32. The molecule has 6 rings (SSSR count). The third-order valence-electron chi connectivity index (χ3n) is 10.1. The summed E-state index contributed by atoms with van der Waals surface area (Å²) in [5.41, 5.74) is 3.07. The number of esters is 1. The number of amides is 1. The van der Waals surface area contributed by atoms with Gasteiger partial charge in [0.25, 0.3) is 5.91 Å². The topological polar surface area (TPSA) is 169 Å². The maximum atomic E-state index is 14.4. The Hall–Kier alpha value is -7.20. The average molecular weight is 940 g/mol. The molecule has 4 N–H and O–H groups in total. The predicted molar refractivity (Wildman–Crippen MR) is 248 cm³/mol. The van der Waals surface area contributed by atoms with Crippen molar-refractivity contribution in [2.24, 2.45) is 0 Å². The molecule has 15 heteroatoms. The number of aliphatic hydroxyl groups excluding tert-OH is 3. The van der Waals surface area contributed by atoms with E-state index in [-0.39, 0.29) is 56.1 Å². The summed E-state index contributed by atoms with van der Waals surface area (Å²) in [4.78, 5) is 49.0. The number of Topliss-reactive ketones (excluding diaryl/α,β-unsaturated/α-hetero) is 2. The third-order valence-corrected chi connectivity index (χ3v) is 10.1. The van der Waals surface area contributed by atoms with E-state index in [1.54, 1.807) is 67.6 Å². The lowest BCUT2D eigenvalue weighted by atomic mass is 9.97. The Morgan fingerprint density at radius 3 is 1.47 bits per heavy atom. The highest BCUT2D eigenvalue weighted by Gasteiger charge is 2.25. The number of ether oxygens (including phenoxy) is 3. The van der Waals surface area contributed by atoms with Gasteiger partial charge in [-0.1, -0.05) is 75.0 Å². The Balaban J connectivity index is 0.000000298. The van der Waals surface area contributed by atoms with Gasteiger partial charge < -0.3 is 34.8 Å². The first kappa shape index (κ1) is 53.4. The first-order valence-electron chi connectivity index (χ1n) is 21.2. The summed E-state index contributed by atoms with van der Waals surface area (Å²) in [7, 11) is 0. The number of likely N-dealkylation sites (N-methyl/N-ethyl adjacent to an activating group) is 1. The number of carbonyl (C=O) groups excluding carboxylic acids is 4. The molecular weight excluding hydrogens is 887 g/mol. The summed E-state index contributed by atoms with van der Waals surface area (Å²) < 4.78 is 71.5. The molecule has 3 unspecified atom stereocenters. The minimum Gasteiger partial charge on any atom is -0.484 e. The first-order valence-corrected chi connectivity index (χ1v) is 21.2. The molecule has 0 aliphatic heterocycles. The van der Waals surface area contributed by atoms with E-state index < -0.39 is 72.3 Å². The van der Waals surface area contributed by atoms with Crippen LogP contribution in [0.2, 0.25) is 0 Å². The van der Waals surface area contributed by atoms with Crippen LogP contribution in [0.15, 0.2) is 133 Å². The number of hydrogen-bond acceptors (Lipinski definition) is 10. The van der Waals surface area contributed by atoms with E-state index in [2.05, 4.69) is 5.32 Å². The van der Waals surface area contributed by atoms with Gasteiger partial charge in [-0.3, -0.25) is 14.4 Å². The van der Waals surface area contributed by atoms with E-state index in [1.807, 2.05) is 6.92 Å². The molecule has 0 bridgehead atoms. The van der Waals surface area contributed by atoms with Crippen LogP contribution < -0.4 is 14.8 Å². The van der Waals surface area contributed by atoms with Crippen molar-refractivity contribution in [3.63, 3.8) is 0 Å². The number of carbonyl (C=O) groups is 4. The fourth-order valence-corrected chi connectivity index (χ4v) is 6.58. The van der Waals surface area contributed by atoms with Gasteiger partial charge in [0.05, 0.1) is 17.2 Å². The lowest BCUT2D eigenvalue weighted by Crippen LogP contribution is -2.40. The molecule has 6 aromatic rings. The molecule has 3 atom stereocenters. The molecule has 6 aromatic carbocycles. The smallest absolute Gasteiger partial charge is 0.344 e. The van der Waals surface area contributed by atoms with E-state index in [0.29, 0.717) is 45.7 Å². The second-order valence-corrected chi connectivity index (χ2v) is 15.2. The van der Waals surface area contributed by atoms with E-state index in [0.717, 1.165) is 6.07 Å². The fraction of sp³-hybridized carbons (Fsp3) is 0.245. The number of aliphatic hydroxyl groups is 3. The summed E-state index contributed by atoms with van der Waals surface area (Å²) in [5.74, 6) is -3.43. The molecule has 0 aliphatic rings. The maximum absolute atomic E-state index is 14.4. The molecule has 11 nitrogen and oxygen atoms in total. The zero-order chi connectivity index (χ0) is 48.5. The van der Waals surface area contributed by atoms with Gasteiger partial charge in [-0.15, -0.1) is 0 Å². The molecule has 1 amide bonds. The SMILES string of the molecule is C.CCC(O)C(O)C(O)COC(=O)COc1cccc(CC(=O)c2cc(-c3cccc(F)c3)ccc2F)c1.CCNC(=O)COc1cccc(CC(=O)c2cc(-c3cccc(F)c3)ccc2F)c1. The van der Waals surface area contributed by atoms with Gasteiger partial charge in [0.2, 0.25) is 0 Å². The van der Waals surface area contributed by atoms with Gasteiger partial charge in [0.15, 0.2) is 24.8 Å². The highest BCUT2D eigenvalue weighted by atomic mass is 19.1. The third kappa shape index (κ3) is 16.0. The monoisotopic (exact) mass is 939 g/mol. The molecule has 0 heterocycles. The van der Waals surface area contributed by atoms with Gasteiger partial charge in [0.1, 0.15) is 53.6 Å². The van der Waals surface area contributed by atoms with Crippen LogP contribution in [0.3, 0.4) is 0 Å². The molecule has 0 spiro atoms. The summed E-state index contributed by atoms with van der Waals surface area (Å²) in [6.07, 6.45) is -4.01. The molecule has 0 radical (unpaired) electrons. The number of hydrogen-bond donors (Lipinski definition) is 4. The van der Waals surface area contributed by atoms with E-state index in [9.17, 15) is 52.1 Å². The van der Waals surface area contributed by atoms with Crippen LogP contribution in [0.5, 0.6) is 11.5 Å². The summed E-state index contributed by atoms with van der Waals surface area (Å²) >= 11 is 0. The summed E-state index contributed by atoms with van der Waals surface area (Å²) in [6, 6.07) is 32.9. The number of rotatable bonds is 20. The van der Waals surface area contributed by atoms with Crippen molar-refractivity contribution in [2.45, 2.75) is 58.8 Å². The molecule has 0 aromatic heterocycles. The van der Waals surface area contributed by atoms with Crippen molar-refractivity contribution >= 4 is 23.4 Å². The number of halogens is 4. The second kappa shape index (κ2) is 26.2. The van der Waals surface area contributed by atoms with Crippen molar-refractivity contribution in [2.75, 3.05) is 26.4 Å². The van der Waals surface area contributed by atoms with Crippen molar-refractivity contribution in [1.29, 1.82) is 0 Å². The highest BCUT2D eigenvalue weighted by Crippen LogP contribution is 2.26. The highest BCUT2D eigenvalue weighted by molar-refractivity contribution is 5.99. The Labute approximate surface area is 392 Å². The maximum Gasteiger partial charge on any atom is 0.344 e. The molecule has 0 saturated carbocycles. The van der Waals surface area contributed by atoms with Gasteiger partial charge >= 0.3 is 5.97 Å². The molecule has 358 valence electrons. The largest absolute Gasteiger partial charge is 0.484 e. The predicted octanol–water partition coefficient (Wildman–Crippen LogP) is 8.68. The van der Waals surface area contributed by atoms with Gasteiger partial charge in [-0.2, -0.15) is 0 Å². The van der Waals surface area contributed by atoms with E-state index in [1.165, 1.54) is 66.7 Å². The molecular formula is C53H53F4NO10. The molecule has 68 heavy (non-hydrogen) atoms. The van der Waals surface area contributed by atoms with Crippen LogP contribution in [0.1, 0.15) is 59.5 Å². The lowest BCUT2D eigenvalue weighted by Gasteiger charge is -2.21. The quantitative estimate of drug-likeness (QED) is 0.0330. The van der Waals surface area contributed by atoms with Crippen LogP contribution >= 0.6 is 0 Å². The van der Waals surface area contributed by atoms with Crippen LogP contribution in [-0.4, -0.2) is 83.4 Å². The molecule has 0 saturated heterocycles. The number of benzene rings is 6. The minimum atomic E-state index is -1.45. The minimum absolute atomic E-state index is 0. The number of ketones is 2. The standard InChI is InChI=1S/C28H28F2O7.C24H21F2NO3.CH4/c1-2-24(31)28(35)26(33)15-37-27(34)16-36-21-8-3-5-17(11-21)12-25(32)22-14-19(9-10-23(22)30)18-6-4-7-20(29)13-18;1-2-27-24(29)15-30-20-8-3-5-16(11-20)12-23(28)21-14-18(9-10-22(21)26)17-6-4-7-19(25)13-17;/h3-11,13-14,24,26,28,31,33,35H,2,12,15-16H2,1H3;3-11,13-14H,2,12,15H2,1H3,(H,27,29);1H4. The zero-order valence-corrected chi connectivity index (χ0v) is 36.6. The zero-order valence-electron chi connectivity index (χ0n) is 36.6. The Morgan fingerprint density at radius 1 is 0.559 bits per heavy atom. The van der Waals surface area contributed by atoms with Gasteiger partial charge in [-0.25, -0.2) is 22.4 Å². The van der Waals surface area contributed by atoms with Crippen LogP contribution in [0.4, 0.5) is 17.6 Å². The second-order valence-electron chi connectivity index (χ2n) is 15.2. The van der Waals surface area contributed by atoms with Crippen molar-refractivity contribution in [3.8, 4) is 33.8 Å². The van der Waals surface area contributed by atoms with Crippen molar-refractivity contribution in [3.05, 3.63) is 179 Å². The van der Waals surface area contributed by atoms with Gasteiger partial charge in [0, 0.05) is 19.4 Å². The number of nitrogens with one attached hydrogen (secondary N) is 1. The van der Waals surface area contributed by atoms with Crippen LogP contribution in [0.25, 0.3) is 22.3 Å². The van der Waals surface area contributed by atoms with Crippen LogP contribution in [-0.2, 0) is 27.2 Å². The van der Waals surface area contributed by atoms with E-state index in [4.69, 9.17) is 14.2 Å². The van der Waals surface area contributed by atoms with Crippen LogP contribution in [0, 0.1) is 23.3 Å². The Morgan fingerprint density at radius 2 is 1.01 bits per heavy atom. The fourth-order valence-electron chi connectivity index (χ4n) is 6.58. The Bertz CT molecular complexity index is 2660. The van der Waals surface area contributed by atoms with Crippen molar-refractivity contribution < 1.29 is 66.3 Å². The first-order chi connectivity index (χ1) is 32.1. The normalized spacial score (nSPS) is 12.0. The summed E-state index contributed by atoms with van der Waals surface area (Å²) in [5, 5.41) is 31.6. The van der Waals surface area contributed by atoms with Gasteiger partial charge in [-0.05, 0) is 120 Å². The Kier molecular flexibility index (Phi) is 20.6. The van der Waals surface area contributed by atoms with E-state index >= 15 is 0 Å². The lowest BCUT2D eigenvalue weighted by molar-refractivity contribution is -0.153. The molecule has 0 aliphatic carbocycles. The molecule has 0 fully saturated rings. The van der Waals surface area contributed by atoms with Crippen molar-refractivity contribution in [1.82, 2.24) is 5.32 Å².